The number of halogens is 1. The van der Waals surface area contributed by atoms with Crippen LogP contribution in [0.2, 0.25) is 5.02 Å². The number of rotatable bonds is 12. The van der Waals surface area contributed by atoms with Crippen molar-refractivity contribution in [1.29, 1.82) is 0 Å². The molecule has 1 aromatic heterocycles. The van der Waals surface area contributed by atoms with Gasteiger partial charge in [0.25, 0.3) is 5.91 Å². The smallest absolute Gasteiger partial charge is 0.311 e. The highest BCUT2D eigenvalue weighted by Gasteiger charge is 2.53. The number of hydrogen-bond donors (Lipinski definition) is 5. The Morgan fingerprint density at radius 2 is 1.57 bits per heavy atom. The zero-order valence-electron chi connectivity index (χ0n) is 46.9. The van der Waals surface area contributed by atoms with E-state index in [-0.39, 0.29) is 31.1 Å². The lowest BCUT2D eigenvalue weighted by atomic mass is 9.77. The van der Waals surface area contributed by atoms with E-state index in [1.807, 2.05) is 37.7 Å². The molecule has 0 amide bonds. The van der Waals surface area contributed by atoms with Crippen LogP contribution < -0.4 is 4.74 Å². The molecule has 0 radical (unpaired) electrons. The molecule has 1 unspecified atom stereocenters. The molecule has 3 aromatic rings. The minimum atomic E-state index is -2.12. The van der Waals surface area contributed by atoms with Crippen molar-refractivity contribution in [3.63, 3.8) is 0 Å². The first kappa shape index (κ1) is 61.4. The Kier molecular flexibility index (Phi) is 20.0. The van der Waals surface area contributed by atoms with E-state index in [0.717, 1.165) is 0 Å². The Labute approximate surface area is 452 Å². The van der Waals surface area contributed by atoms with E-state index in [1.54, 1.807) is 103 Å². The van der Waals surface area contributed by atoms with Crippen LogP contribution in [0.15, 0.2) is 42.5 Å². The second kappa shape index (κ2) is 24.7. The van der Waals surface area contributed by atoms with E-state index in [0.29, 0.717) is 51.5 Å². The summed E-state index contributed by atoms with van der Waals surface area (Å²) >= 11 is 6.17. The van der Waals surface area contributed by atoms with Gasteiger partial charge >= 0.3 is 11.9 Å². The van der Waals surface area contributed by atoms with Crippen molar-refractivity contribution in [2.24, 2.45) is 17.8 Å². The number of carbonyl (C=O) groups excluding carboxylic acids is 3. The average molecular weight is 1090 g/mol. The molecule has 3 aliphatic heterocycles. The fourth-order valence-corrected chi connectivity index (χ4v) is 11.8. The maximum Gasteiger partial charge on any atom is 0.311 e. The molecule has 5 N–H and O–H groups in total. The minimum Gasteiger partial charge on any atom is -0.497 e. The number of fused-ring (bicyclic) bond motifs is 1. The van der Waals surface area contributed by atoms with Gasteiger partial charge < -0.3 is 73.2 Å². The van der Waals surface area contributed by atoms with Crippen LogP contribution >= 0.6 is 11.6 Å². The number of esters is 2. The van der Waals surface area contributed by atoms with E-state index in [4.69, 9.17) is 49.5 Å². The molecule has 3 saturated heterocycles. The predicted molar refractivity (Wildman–Crippen MR) is 283 cm³/mol. The molecular formula is C56H84ClN3O16. The molecule has 3 fully saturated rings. The van der Waals surface area contributed by atoms with Crippen LogP contribution in [0, 0.1) is 24.7 Å². The minimum absolute atomic E-state index is 0.0232. The number of methoxy groups -OCH3 is 2. The van der Waals surface area contributed by atoms with Crippen LogP contribution in [0.4, 0.5) is 0 Å². The van der Waals surface area contributed by atoms with E-state index in [9.17, 15) is 39.9 Å². The quantitative estimate of drug-likeness (QED) is 0.152. The van der Waals surface area contributed by atoms with Crippen molar-refractivity contribution in [3.05, 3.63) is 64.3 Å². The highest BCUT2D eigenvalue weighted by molar-refractivity contribution is 6.30. The number of aliphatic hydroxyl groups excluding tert-OH is 3. The van der Waals surface area contributed by atoms with Crippen molar-refractivity contribution in [2.45, 2.75) is 185 Å². The summed E-state index contributed by atoms with van der Waals surface area (Å²) in [5.74, 6) is -3.86. The number of cyclic esters (lactones) is 1. The fourth-order valence-electron chi connectivity index (χ4n) is 11.7. The first-order chi connectivity index (χ1) is 35.5. The molecule has 2 aromatic carbocycles. The lowest BCUT2D eigenvalue weighted by Crippen LogP contribution is -2.61. The van der Waals surface area contributed by atoms with Crippen LogP contribution in [0.5, 0.6) is 5.75 Å². The Morgan fingerprint density at radius 3 is 2.17 bits per heavy atom. The van der Waals surface area contributed by atoms with E-state index < -0.39 is 121 Å². The topological polar surface area (TPSA) is 238 Å². The monoisotopic (exact) mass is 1090 g/mol. The molecule has 426 valence electrons. The van der Waals surface area contributed by atoms with E-state index >= 15 is 0 Å². The second-order valence-electron chi connectivity index (χ2n) is 22.7. The molecule has 4 heterocycles. The summed E-state index contributed by atoms with van der Waals surface area (Å²) in [4.78, 5) is 47.2. The van der Waals surface area contributed by atoms with E-state index in [2.05, 4.69) is 0 Å². The Bertz CT molecular complexity index is 2470. The summed E-state index contributed by atoms with van der Waals surface area (Å²) in [7, 11) is 8.48. The third-order valence-electron chi connectivity index (χ3n) is 16.4. The lowest BCUT2D eigenvalue weighted by Gasteiger charge is -2.49. The Balaban J connectivity index is 1.43. The highest BCUT2D eigenvalue weighted by atomic mass is 35.5. The number of benzene rings is 2. The van der Waals surface area contributed by atoms with Gasteiger partial charge in [0.1, 0.15) is 23.6 Å². The second-order valence-corrected chi connectivity index (χ2v) is 23.1. The maximum absolute atomic E-state index is 14.7. The van der Waals surface area contributed by atoms with Crippen molar-refractivity contribution in [2.75, 3.05) is 48.5 Å². The SMILES string of the molecule is COc1ccc2c(c1)c(CC(=O)O[C@H]1C(O[C@@H]3[C@@H](C)[C@H](O[C@H]4C[C@@](C)(OC)[C@@H](O)[C@H](C)O4)[C@@H](C)C(=O)O[C@H](CO)[C@@](C)(O)[C@H](O)[C@@H](C)N(C)C[C@H](C)C[C@@]3(C)O)O[C@H](C)C[C@@H]1N(C)C)c(C)n2C(=O)c1ccc(Cl)cc1. The van der Waals surface area contributed by atoms with Gasteiger partial charge in [-0.05, 0) is 143 Å². The first-order valence-electron chi connectivity index (χ1n) is 26.3. The van der Waals surface area contributed by atoms with Gasteiger partial charge in [0.05, 0.1) is 73.2 Å². The van der Waals surface area contributed by atoms with Crippen molar-refractivity contribution in [3.8, 4) is 5.75 Å². The molecule has 0 bridgehead atoms. The third-order valence-corrected chi connectivity index (χ3v) is 16.7. The van der Waals surface area contributed by atoms with Crippen LogP contribution in [-0.4, -0.2) is 197 Å². The molecule has 0 aliphatic carbocycles. The van der Waals surface area contributed by atoms with Gasteiger partial charge in [-0.1, -0.05) is 25.4 Å². The summed E-state index contributed by atoms with van der Waals surface area (Å²) in [6.45, 7) is 16.4. The molecule has 18 atom stereocenters. The number of hydrogen-bond acceptors (Lipinski definition) is 18. The van der Waals surface area contributed by atoms with Crippen LogP contribution in [0.1, 0.15) is 103 Å². The standard InChI is InChI=1S/C56H84ClN3O16/c1-29-25-54(8,67)50(31(3)46(75-45-26-55(9,70-15)49(64)35(7)72-45)32(4)52(66)73-43(28-61)56(10,68)48(63)34(6)59(13)27-29)76-53-47(42(58(11)12)22-30(2)71-53)74-44(62)24-39-33(5)60(41-21-20-38(69-14)23-40(39)41)51(65)36-16-18-37(57)19-17-36/h16-21,23,29-32,34-35,42-43,45-50,53,61,63-64,67-68H,22,24-28H2,1-15H3/t29-,30-,31+,32-,34-,35+,42+,43-,45+,46+,47-,48-,49+,50-,53?,54-,55-,56-/m1/s1. The first-order valence-corrected chi connectivity index (χ1v) is 26.7. The number of carbonyl (C=O) groups is 3. The number of nitrogens with zero attached hydrogens (tertiary/aromatic N) is 3. The zero-order valence-corrected chi connectivity index (χ0v) is 47.6. The van der Waals surface area contributed by atoms with E-state index in [1.165, 1.54) is 21.1 Å². The summed E-state index contributed by atoms with van der Waals surface area (Å²) in [6.07, 6.45) is -11.1. The van der Waals surface area contributed by atoms with Crippen LogP contribution in [-0.2, 0) is 49.2 Å². The predicted octanol–water partition coefficient (Wildman–Crippen LogP) is 4.89. The third kappa shape index (κ3) is 13.1. The number of aromatic nitrogens is 1. The average Bonchev–Trinajstić information content (AvgIpc) is 3.63. The molecule has 20 heteroatoms. The van der Waals surface area contributed by atoms with Crippen molar-refractivity contribution >= 4 is 40.3 Å². The number of likely N-dealkylation sites (N-methyl/N-ethyl adjacent to an activating group) is 2. The molecule has 0 spiro atoms. The van der Waals surface area contributed by atoms with Crippen LogP contribution in [0.25, 0.3) is 10.9 Å². The summed E-state index contributed by atoms with van der Waals surface area (Å²) in [6, 6.07) is 10.6. The Hall–Kier alpha value is -3.80. The summed E-state index contributed by atoms with van der Waals surface area (Å²) in [5.41, 5.74) is -3.03. The van der Waals surface area contributed by atoms with Gasteiger partial charge in [0.2, 0.25) is 0 Å². The van der Waals surface area contributed by atoms with Gasteiger partial charge in [-0.2, -0.15) is 0 Å². The molecule has 6 rings (SSSR count). The van der Waals surface area contributed by atoms with Crippen LogP contribution in [0.3, 0.4) is 0 Å². The molecule has 19 nitrogen and oxygen atoms in total. The van der Waals surface area contributed by atoms with Gasteiger partial charge in [-0.15, -0.1) is 0 Å². The van der Waals surface area contributed by atoms with Crippen molar-refractivity contribution < 1.29 is 77.8 Å². The number of ether oxygens (including phenoxy) is 8. The largest absolute Gasteiger partial charge is 0.497 e. The summed E-state index contributed by atoms with van der Waals surface area (Å²) in [5, 5.41) is 59.4. The molecular weight excluding hydrogens is 1010 g/mol. The highest BCUT2D eigenvalue weighted by Crippen LogP contribution is 2.41. The lowest BCUT2D eigenvalue weighted by molar-refractivity contribution is -0.319. The van der Waals surface area contributed by atoms with Crippen molar-refractivity contribution in [1.82, 2.24) is 14.4 Å². The van der Waals surface area contributed by atoms with Gasteiger partial charge in [0.15, 0.2) is 24.8 Å². The zero-order chi connectivity index (χ0) is 56.5. The van der Waals surface area contributed by atoms with Gasteiger partial charge in [-0.25, -0.2) is 0 Å². The number of aliphatic hydroxyl groups is 5. The van der Waals surface area contributed by atoms with Gasteiger partial charge in [0, 0.05) is 53.7 Å². The summed E-state index contributed by atoms with van der Waals surface area (Å²) < 4.78 is 52.2. The molecule has 76 heavy (non-hydrogen) atoms. The Morgan fingerprint density at radius 1 is 0.908 bits per heavy atom. The normalized spacial score (nSPS) is 37.6. The fraction of sp³-hybridized carbons (Fsp3) is 0.696. The molecule has 3 aliphatic rings. The maximum atomic E-state index is 14.7. The molecule has 0 saturated carbocycles. The van der Waals surface area contributed by atoms with Gasteiger partial charge in [-0.3, -0.25) is 19.0 Å².